The summed E-state index contributed by atoms with van der Waals surface area (Å²) in [6.07, 6.45) is 7.26. The van der Waals surface area contributed by atoms with Crippen molar-refractivity contribution in [3.05, 3.63) is 44.5 Å². The summed E-state index contributed by atoms with van der Waals surface area (Å²) in [5.41, 5.74) is 7.04. The van der Waals surface area contributed by atoms with Gasteiger partial charge in [0.2, 0.25) is 5.91 Å². The fourth-order valence-corrected chi connectivity index (χ4v) is 4.53. The van der Waals surface area contributed by atoms with E-state index in [1.807, 2.05) is 17.5 Å². The van der Waals surface area contributed by atoms with Gasteiger partial charge in [-0.25, -0.2) is 0 Å². The first-order valence-corrected chi connectivity index (χ1v) is 8.81. The Kier molecular flexibility index (Phi) is 4.40. The van der Waals surface area contributed by atoms with Crippen molar-refractivity contribution in [2.45, 2.75) is 25.7 Å². The molecule has 3 rings (SSSR count). The van der Waals surface area contributed by atoms with Crippen LogP contribution in [-0.4, -0.2) is 11.8 Å². The molecule has 4 nitrogen and oxygen atoms in total. The third-order valence-corrected chi connectivity index (χ3v) is 5.64. The van der Waals surface area contributed by atoms with Crippen LogP contribution in [0.2, 0.25) is 0 Å². The number of hydrogen-bond acceptors (Lipinski definition) is 4. The number of primary amides is 1. The SMILES string of the molecule is NC(=O)c1c(NC(=O)/C=C/c2cccs2)sc2c1CCCC2. The Balaban J connectivity index is 1.81. The average Bonchev–Trinajstić information content (AvgIpc) is 3.11. The van der Waals surface area contributed by atoms with Gasteiger partial charge in [0.25, 0.3) is 5.91 Å². The molecular weight excluding hydrogens is 316 g/mol. The van der Waals surface area contributed by atoms with E-state index in [4.69, 9.17) is 5.73 Å². The molecule has 0 aliphatic heterocycles. The van der Waals surface area contributed by atoms with Crippen molar-refractivity contribution >= 4 is 45.6 Å². The molecule has 1 aliphatic rings. The number of carbonyl (C=O) groups excluding carboxylic acids is 2. The quantitative estimate of drug-likeness (QED) is 0.842. The maximum Gasteiger partial charge on any atom is 0.251 e. The Morgan fingerprint density at radius 1 is 1.27 bits per heavy atom. The molecule has 0 radical (unpaired) electrons. The highest BCUT2D eigenvalue weighted by molar-refractivity contribution is 7.17. The Labute approximate surface area is 136 Å². The molecule has 0 atom stereocenters. The number of rotatable bonds is 4. The molecular formula is C16H16N2O2S2. The smallest absolute Gasteiger partial charge is 0.251 e. The van der Waals surface area contributed by atoms with Crippen LogP contribution in [-0.2, 0) is 17.6 Å². The molecule has 3 N–H and O–H groups in total. The Morgan fingerprint density at radius 3 is 2.82 bits per heavy atom. The number of carbonyl (C=O) groups is 2. The maximum atomic E-state index is 12.1. The minimum absolute atomic E-state index is 0.241. The number of nitrogens with two attached hydrogens (primary N) is 1. The van der Waals surface area contributed by atoms with E-state index in [1.165, 1.54) is 22.3 Å². The van der Waals surface area contributed by atoms with Crippen molar-refractivity contribution in [2.75, 3.05) is 5.32 Å². The van der Waals surface area contributed by atoms with Crippen LogP contribution >= 0.6 is 22.7 Å². The molecule has 2 heterocycles. The molecule has 1 aliphatic carbocycles. The van der Waals surface area contributed by atoms with E-state index in [1.54, 1.807) is 17.4 Å². The first-order valence-electron chi connectivity index (χ1n) is 7.12. The Hall–Kier alpha value is -1.92. The second-order valence-electron chi connectivity index (χ2n) is 5.12. The summed E-state index contributed by atoms with van der Waals surface area (Å²) >= 11 is 3.04. The first-order chi connectivity index (χ1) is 10.6. The molecule has 0 saturated heterocycles. The van der Waals surface area contributed by atoms with Gasteiger partial charge in [-0.15, -0.1) is 22.7 Å². The summed E-state index contributed by atoms with van der Waals surface area (Å²) in [4.78, 5) is 26.0. The highest BCUT2D eigenvalue weighted by Gasteiger charge is 2.24. The fraction of sp³-hybridized carbons (Fsp3) is 0.250. The lowest BCUT2D eigenvalue weighted by Gasteiger charge is -2.11. The van der Waals surface area contributed by atoms with Gasteiger partial charge < -0.3 is 11.1 Å². The molecule has 0 fully saturated rings. The highest BCUT2D eigenvalue weighted by Crippen LogP contribution is 2.37. The number of thiophene rings is 2. The maximum absolute atomic E-state index is 12.1. The van der Waals surface area contributed by atoms with Crippen LogP contribution in [0, 0.1) is 0 Å². The van der Waals surface area contributed by atoms with Crippen LogP contribution in [0.1, 0.15) is 38.5 Å². The van der Waals surface area contributed by atoms with Crippen molar-refractivity contribution in [1.82, 2.24) is 0 Å². The predicted molar refractivity (Wildman–Crippen MR) is 91.5 cm³/mol. The highest BCUT2D eigenvalue weighted by atomic mass is 32.1. The van der Waals surface area contributed by atoms with E-state index in [-0.39, 0.29) is 5.91 Å². The minimum atomic E-state index is -0.461. The zero-order valence-electron chi connectivity index (χ0n) is 11.9. The predicted octanol–water partition coefficient (Wildman–Crippen LogP) is 3.44. The molecule has 2 aromatic heterocycles. The van der Waals surface area contributed by atoms with Gasteiger partial charge in [-0.1, -0.05) is 6.07 Å². The summed E-state index contributed by atoms with van der Waals surface area (Å²) in [6.45, 7) is 0. The van der Waals surface area contributed by atoms with Gasteiger partial charge in [0, 0.05) is 15.8 Å². The molecule has 0 unspecified atom stereocenters. The second kappa shape index (κ2) is 6.46. The van der Waals surface area contributed by atoms with Crippen molar-refractivity contribution in [3.8, 4) is 0 Å². The van der Waals surface area contributed by atoms with Gasteiger partial charge in [-0.05, 0) is 48.8 Å². The van der Waals surface area contributed by atoms with Crippen LogP contribution in [0.15, 0.2) is 23.6 Å². The zero-order chi connectivity index (χ0) is 15.5. The number of fused-ring (bicyclic) bond motifs is 1. The van der Waals surface area contributed by atoms with Gasteiger partial charge in [0.05, 0.1) is 5.56 Å². The summed E-state index contributed by atoms with van der Waals surface area (Å²) in [7, 11) is 0. The van der Waals surface area contributed by atoms with Crippen molar-refractivity contribution < 1.29 is 9.59 Å². The molecule has 0 saturated carbocycles. The number of nitrogens with one attached hydrogen (secondary N) is 1. The van der Waals surface area contributed by atoms with E-state index in [2.05, 4.69) is 5.32 Å². The summed E-state index contributed by atoms with van der Waals surface area (Å²) in [5, 5.41) is 5.35. The van der Waals surface area contributed by atoms with E-state index in [0.717, 1.165) is 36.1 Å². The minimum Gasteiger partial charge on any atom is -0.365 e. The molecule has 0 bridgehead atoms. The van der Waals surface area contributed by atoms with Crippen LogP contribution in [0.3, 0.4) is 0 Å². The number of amides is 2. The molecule has 2 aromatic rings. The second-order valence-corrected chi connectivity index (χ2v) is 7.20. The van der Waals surface area contributed by atoms with Crippen molar-refractivity contribution in [1.29, 1.82) is 0 Å². The third-order valence-electron chi connectivity index (χ3n) is 3.60. The van der Waals surface area contributed by atoms with Crippen LogP contribution in [0.4, 0.5) is 5.00 Å². The lowest BCUT2D eigenvalue weighted by atomic mass is 9.95. The Morgan fingerprint density at radius 2 is 2.09 bits per heavy atom. The van der Waals surface area contributed by atoms with Gasteiger partial charge in [-0.2, -0.15) is 0 Å². The number of hydrogen-bond donors (Lipinski definition) is 2. The van der Waals surface area contributed by atoms with Gasteiger partial charge in [0.1, 0.15) is 5.00 Å². The lowest BCUT2D eigenvalue weighted by molar-refractivity contribution is -0.111. The normalized spacial score (nSPS) is 14.0. The third kappa shape index (κ3) is 3.13. The standard InChI is InChI=1S/C16H16N2O2S2/c17-15(20)14-11-5-1-2-6-12(11)22-16(14)18-13(19)8-7-10-4-3-9-21-10/h3-4,7-9H,1-2,5-6H2,(H2,17,20)(H,18,19)/b8-7+. The molecule has 2 amide bonds. The van der Waals surface area contributed by atoms with E-state index in [9.17, 15) is 9.59 Å². The molecule has 22 heavy (non-hydrogen) atoms. The largest absolute Gasteiger partial charge is 0.365 e. The van der Waals surface area contributed by atoms with Crippen LogP contribution in [0.25, 0.3) is 6.08 Å². The van der Waals surface area contributed by atoms with Crippen LogP contribution < -0.4 is 11.1 Å². The fourth-order valence-electron chi connectivity index (χ4n) is 2.61. The molecule has 0 spiro atoms. The number of aryl methyl sites for hydroxylation is 1. The zero-order valence-corrected chi connectivity index (χ0v) is 13.6. The lowest BCUT2D eigenvalue weighted by Crippen LogP contribution is -2.17. The molecule has 0 aromatic carbocycles. The Bertz CT molecular complexity index is 730. The van der Waals surface area contributed by atoms with Gasteiger partial charge >= 0.3 is 0 Å². The first kappa shape index (κ1) is 15.0. The summed E-state index contributed by atoms with van der Waals surface area (Å²) in [6, 6.07) is 3.87. The van der Waals surface area contributed by atoms with E-state index in [0.29, 0.717) is 10.6 Å². The van der Waals surface area contributed by atoms with E-state index >= 15 is 0 Å². The molecule has 114 valence electrons. The topological polar surface area (TPSA) is 72.2 Å². The number of anilines is 1. The van der Waals surface area contributed by atoms with Crippen molar-refractivity contribution in [2.24, 2.45) is 5.73 Å². The van der Waals surface area contributed by atoms with E-state index < -0.39 is 5.91 Å². The average molecular weight is 332 g/mol. The van der Waals surface area contributed by atoms with Gasteiger partial charge in [-0.3, -0.25) is 9.59 Å². The molecule has 6 heteroatoms. The summed E-state index contributed by atoms with van der Waals surface area (Å²) in [5.74, 6) is -0.702. The van der Waals surface area contributed by atoms with Crippen molar-refractivity contribution in [3.63, 3.8) is 0 Å². The van der Waals surface area contributed by atoms with Crippen LogP contribution in [0.5, 0.6) is 0 Å². The van der Waals surface area contributed by atoms with Gasteiger partial charge in [0.15, 0.2) is 0 Å². The summed E-state index contributed by atoms with van der Waals surface area (Å²) < 4.78 is 0. The monoisotopic (exact) mass is 332 g/mol.